The van der Waals surface area contributed by atoms with Gasteiger partial charge >= 0.3 is 0 Å². The summed E-state index contributed by atoms with van der Waals surface area (Å²) in [6.45, 7) is 0.279. The number of halogens is 2. The molecule has 4 nitrogen and oxygen atoms in total. The maximum absolute atomic E-state index is 13.2. The van der Waals surface area contributed by atoms with Gasteiger partial charge in [0.15, 0.2) is 16.6 Å². The predicted octanol–water partition coefficient (Wildman–Crippen LogP) is 5.36. The minimum absolute atomic E-state index is 0.0936. The Hall–Kier alpha value is -2.31. The molecule has 138 valence electrons. The molecule has 0 bridgehead atoms. The van der Waals surface area contributed by atoms with Gasteiger partial charge in [0.05, 0.1) is 5.54 Å². The molecule has 0 spiro atoms. The summed E-state index contributed by atoms with van der Waals surface area (Å²) in [5.74, 6) is 1.27. The van der Waals surface area contributed by atoms with Gasteiger partial charge in [0.25, 0.3) is 0 Å². The monoisotopic (exact) mass is 402 g/mol. The molecular weight excluding hydrogens is 387 g/mol. The number of hydrogen-bond acceptors (Lipinski definition) is 5. The zero-order valence-electron chi connectivity index (χ0n) is 14.3. The number of ether oxygens (including phenoxy) is 2. The van der Waals surface area contributed by atoms with Crippen molar-refractivity contribution in [2.75, 3.05) is 12.1 Å². The first kappa shape index (κ1) is 16.8. The van der Waals surface area contributed by atoms with Crippen molar-refractivity contribution in [1.82, 2.24) is 4.98 Å². The third-order valence-electron chi connectivity index (χ3n) is 4.95. The Morgan fingerprint density at radius 1 is 1.15 bits per heavy atom. The summed E-state index contributed by atoms with van der Waals surface area (Å²) in [6.07, 6.45) is 4.58. The van der Waals surface area contributed by atoms with E-state index in [1.165, 1.54) is 17.7 Å². The second-order valence-electron chi connectivity index (χ2n) is 6.82. The van der Waals surface area contributed by atoms with Crippen LogP contribution in [0, 0.1) is 5.82 Å². The van der Waals surface area contributed by atoms with Gasteiger partial charge in [-0.1, -0.05) is 23.7 Å². The maximum atomic E-state index is 13.2. The quantitative estimate of drug-likeness (QED) is 0.624. The lowest BCUT2D eigenvalue weighted by Crippen LogP contribution is -2.18. The average Bonchev–Trinajstić information content (AvgIpc) is 3.07. The molecule has 1 aliphatic heterocycles. The Balaban J connectivity index is 1.33. The minimum atomic E-state index is -0.324. The number of hydrogen-bond donors (Lipinski definition) is 1. The molecule has 0 saturated heterocycles. The predicted molar refractivity (Wildman–Crippen MR) is 103 cm³/mol. The first-order valence-corrected chi connectivity index (χ1v) is 9.88. The van der Waals surface area contributed by atoms with Gasteiger partial charge in [-0.05, 0) is 48.2 Å². The number of nitrogens with one attached hydrogen (secondary N) is 1. The SMILES string of the molecule is Fc1ccc(Cc2cnc(NC3(c4ccc5c(c4)OCO5)CC3)s2)c(Cl)c1. The largest absolute Gasteiger partial charge is 0.454 e. The average molecular weight is 403 g/mol. The molecule has 0 amide bonds. The van der Waals surface area contributed by atoms with E-state index in [0.29, 0.717) is 11.4 Å². The van der Waals surface area contributed by atoms with Crippen LogP contribution in [-0.4, -0.2) is 11.8 Å². The molecule has 1 N–H and O–H groups in total. The van der Waals surface area contributed by atoms with Crippen molar-refractivity contribution >= 4 is 28.1 Å². The van der Waals surface area contributed by atoms with E-state index in [0.717, 1.165) is 39.9 Å². The van der Waals surface area contributed by atoms with Crippen LogP contribution in [0.3, 0.4) is 0 Å². The number of anilines is 1. The van der Waals surface area contributed by atoms with E-state index >= 15 is 0 Å². The molecule has 5 rings (SSSR count). The maximum Gasteiger partial charge on any atom is 0.231 e. The highest BCUT2D eigenvalue weighted by Gasteiger charge is 2.45. The van der Waals surface area contributed by atoms with Crippen LogP contribution < -0.4 is 14.8 Å². The highest BCUT2D eigenvalue weighted by Crippen LogP contribution is 2.50. The number of benzene rings is 2. The van der Waals surface area contributed by atoms with Crippen LogP contribution in [0.15, 0.2) is 42.6 Å². The van der Waals surface area contributed by atoms with Crippen molar-refractivity contribution in [3.63, 3.8) is 0 Å². The molecule has 0 unspecified atom stereocenters. The van der Waals surface area contributed by atoms with Crippen LogP contribution in [-0.2, 0) is 12.0 Å². The van der Waals surface area contributed by atoms with E-state index in [-0.39, 0.29) is 18.1 Å². The highest BCUT2D eigenvalue weighted by atomic mass is 35.5. The normalized spacial score (nSPS) is 16.4. The topological polar surface area (TPSA) is 43.4 Å². The lowest BCUT2D eigenvalue weighted by molar-refractivity contribution is 0.174. The first-order chi connectivity index (χ1) is 13.1. The van der Waals surface area contributed by atoms with Crippen molar-refractivity contribution in [3.8, 4) is 11.5 Å². The van der Waals surface area contributed by atoms with E-state index in [9.17, 15) is 4.39 Å². The number of fused-ring (bicyclic) bond motifs is 1. The number of nitrogens with zero attached hydrogens (tertiary/aromatic N) is 1. The van der Waals surface area contributed by atoms with E-state index < -0.39 is 0 Å². The van der Waals surface area contributed by atoms with Gasteiger partial charge in [0.2, 0.25) is 6.79 Å². The molecule has 27 heavy (non-hydrogen) atoms. The van der Waals surface area contributed by atoms with Crippen LogP contribution in [0.4, 0.5) is 9.52 Å². The fraction of sp³-hybridized carbons (Fsp3) is 0.250. The zero-order valence-corrected chi connectivity index (χ0v) is 15.9. The number of aromatic nitrogens is 1. The number of thiazole rings is 1. The molecule has 2 heterocycles. The second kappa shape index (κ2) is 6.39. The summed E-state index contributed by atoms with van der Waals surface area (Å²) in [5.41, 5.74) is 1.99. The summed E-state index contributed by atoms with van der Waals surface area (Å²) in [5, 5.41) is 4.90. The summed E-state index contributed by atoms with van der Waals surface area (Å²) in [7, 11) is 0. The molecule has 0 atom stereocenters. The summed E-state index contributed by atoms with van der Waals surface area (Å²) < 4.78 is 24.1. The third-order valence-corrected chi connectivity index (χ3v) is 6.22. The Kier molecular flexibility index (Phi) is 3.98. The highest BCUT2D eigenvalue weighted by molar-refractivity contribution is 7.15. The molecule has 1 aromatic heterocycles. The fourth-order valence-corrected chi connectivity index (χ4v) is 4.48. The van der Waals surface area contributed by atoms with Gasteiger partial charge in [0.1, 0.15) is 5.82 Å². The number of rotatable bonds is 5. The van der Waals surface area contributed by atoms with Crippen LogP contribution in [0.2, 0.25) is 5.02 Å². The van der Waals surface area contributed by atoms with Crippen molar-refractivity contribution < 1.29 is 13.9 Å². The van der Waals surface area contributed by atoms with Crippen LogP contribution in [0.25, 0.3) is 0 Å². The van der Waals surface area contributed by atoms with Crippen molar-refractivity contribution in [2.24, 2.45) is 0 Å². The Bertz CT molecular complexity index is 1020. The lowest BCUT2D eigenvalue weighted by Gasteiger charge is -2.17. The smallest absolute Gasteiger partial charge is 0.231 e. The Morgan fingerprint density at radius 2 is 2.00 bits per heavy atom. The summed E-state index contributed by atoms with van der Waals surface area (Å²) >= 11 is 7.73. The molecule has 1 aliphatic carbocycles. The Labute approximate surface area is 164 Å². The second-order valence-corrected chi connectivity index (χ2v) is 8.34. The molecule has 0 radical (unpaired) electrons. The Morgan fingerprint density at radius 3 is 2.81 bits per heavy atom. The van der Waals surface area contributed by atoms with Crippen LogP contribution >= 0.6 is 22.9 Å². The van der Waals surface area contributed by atoms with E-state index in [1.54, 1.807) is 17.4 Å². The van der Waals surface area contributed by atoms with Crippen molar-refractivity contribution in [3.05, 3.63) is 69.4 Å². The van der Waals surface area contributed by atoms with E-state index in [2.05, 4.69) is 22.4 Å². The molecule has 2 aromatic carbocycles. The lowest BCUT2D eigenvalue weighted by atomic mass is 10.0. The zero-order chi connectivity index (χ0) is 18.4. The first-order valence-electron chi connectivity index (χ1n) is 8.68. The molecule has 2 aliphatic rings. The van der Waals surface area contributed by atoms with Crippen molar-refractivity contribution in [2.45, 2.75) is 24.8 Å². The van der Waals surface area contributed by atoms with Gasteiger partial charge in [-0.3, -0.25) is 0 Å². The van der Waals surface area contributed by atoms with E-state index in [4.69, 9.17) is 21.1 Å². The van der Waals surface area contributed by atoms with Gasteiger partial charge in [-0.15, -0.1) is 11.3 Å². The standard InChI is InChI=1S/C20H16ClFN2O2S/c21-16-9-14(22)3-1-12(16)7-15-10-23-19(27-15)24-20(5-6-20)13-2-4-17-18(8-13)26-11-25-17/h1-4,8-10H,5-7,11H2,(H,23,24). The van der Waals surface area contributed by atoms with Gasteiger partial charge in [0, 0.05) is 22.5 Å². The van der Waals surface area contributed by atoms with Crippen LogP contribution in [0.1, 0.15) is 28.8 Å². The summed E-state index contributed by atoms with van der Waals surface area (Å²) in [6, 6.07) is 10.6. The summed E-state index contributed by atoms with van der Waals surface area (Å²) in [4.78, 5) is 5.59. The van der Waals surface area contributed by atoms with Gasteiger partial charge in [-0.2, -0.15) is 0 Å². The van der Waals surface area contributed by atoms with Gasteiger partial charge < -0.3 is 14.8 Å². The molecule has 7 heteroatoms. The molecule has 1 fully saturated rings. The molecular formula is C20H16ClFN2O2S. The molecule has 3 aromatic rings. The van der Waals surface area contributed by atoms with Crippen molar-refractivity contribution in [1.29, 1.82) is 0 Å². The molecule has 1 saturated carbocycles. The van der Waals surface area contributed by atoms with E-state index in [1.807, 2.05) is 12.3 Å². The van der Waals surface area contributed by atoms with Gasteiger partial charge in [-0.25, -0.2) is 9.37 Å². The third kappa shape index (κ3) is 3.24. The minimum Gasteiger partial charge on any atom is -0.454 e. The fourth-order valence-electron chi connectivity index (χ4n) is 3.31. The van der Waals surface area contributed by atoms with Crippen LogP contribution in [0.5, 0.6) is 11.5 Å².